The molecule has 0 bridgehead atoms. The van der Waals surface area contributed by atoms with E-state index in [0.717, 1.165) is 31.3 Å². The van der Waals surface area contributed by atoms with Gasteiger partial charge in [0.25, 0.3) is 0 Å². The Hall–Kier alpha value is -1.20. The maximum atomic E-state index is 4.73. The Balaban J connectivity index is 2.75. The number of hydrogen-bond donors (Lipinski definition) is 2. The van der Waals surface area contributed by atoms with Gasteiger partial charge in [-0.05, 0) is 45.2 Å². The van der Waals surface area contributed by atoms with Crippen LogP contribution in [0.25, 0.3) is 0 Å². The minimum atomic E-state index is 0.539. The van der Waals surface area contributed by atoms with Crippen LogP contribution in [0.3, 0.4) is 0 Å². The van der Waals surface area contributed by atoms with Gasteiger partial charge in [-0.2, -0.15) is 11.8 Å². The zero-order valence-electron chi connectivity index (χ0n) is 15.2. The van der Waals surface area contributed by atoms with Crippen LogP contribution in [0.4, 0.5) is 0 Å². The van der Waals surface area contributed by atoms with E-state index in [1.165, 1.54) is 11.1 Å². The maximum absolute atomic E-state index is 4.73. The Morgan fingerprint density at radius 3 is 2.52 bits per heavy atom. The summed E-state index contributed by atoms with van der Waals surface area (Å²) >= 11 is 1.84. The van der Waals surface area contributed by atoms with Crippen molar-refractivity contribution in [2.75, 3.05) is 32.1 Å². The Bertz CT molecular complexity index is 474. The number of nitrogens with zero attached hydrogens (tertiary/aromatic N) is 2. The zero-order chi connectivity index (χ0) is 17.1. The van der Waals surface area contributed by atoms with Gasteiger partial charge in [-0.3, -0.25) is 4.90 Å². The summed E-state index contributed by atoms with van der Waals surface area (Å²) in [6.45, 7) is 10.0. The summed E-state index contributed by atoms with van der Waals surface area (Å²) < 4.78 is 0. The predicted octanol–water partition coefficient (Wildman–Crippen LogP) is 2.94. The molecule has 0 unspecified atom stereocenters. The van der Waals surface area contributed by atoms with Gasteiger partial charge in [0.1, 0.15) is 0 Å². The highest BCUT2D eigenvalue weighted by atomic mass is 32.2. The predicted molar refractivity (Wildman–Crippen MR) is 104 cm³/mol. The lowest BCUT2D eigenvalue weighted by Crippen LogP contribution is -2.38. The van der Waals surface area contributed by atoms with Gasteiger partial charge in [-0.25, -0.2) is 4.99 Å². The highest BCUT2D eigenvalue weighted by molar-refractivity contribution is 7.98. The normalized spacial score (nSPS) is 12.0. The van der Waals surface area contributed by atoms with E-state index in [2.05, 4.69) is 73.9 Å². The zero-order valence-corrected chi connectivity index (χ0v) is 16.0. The van der Waals surface area contributed by atoms with Crippen LogP contribution in [0.5, 0.6) is 0 Å². The number of thioether (sulfide) groups is 1. The van der Waals surface area contributed by atoms with Gasteiger partial charge >= 0.3 is 0 Å². The third-order valence-electron chi connectivity index (χ3n) is 3.77. The molecule has 1 aromatic rings. The first-order valence-electron chi connectivity index (χ1n) is 8.36. The van der Waals surface area contributed by atoms with Crippen molar-refractivity contribution < 1.29 is 0 Å². The van der Waals surface area contributed by atoms with Crippen molar-refractivity contribution in [1.29, 1.82) is 0 Å². The summed E-state index contributed by atoms with van der Waals surface area (Å²) in [5, 5.41) is 6.69. The molecule has 0 aliphatic heterocycles. The SMILES string of the molecule is CCNC(=NCc1ccccc1CN(C)C(C)C)NCCSC. The quantitative estimate of drug-likeness (QED) is 0.413. The second kappa shape index (κ2) is 11.4. The molecule has 2 N–H and O–H groups in total. The third kappa shape index (κ3) is 7.75. The summed E-state index contributed by atoms with van der Waals surface area (Å²) in [5.41, 5.74) is 2.65. The fourth-order valence-corrected chi connectivity index (χ4v) is 2.40. The number of nitrogens with one attached hydrogen (secondary N) is 2. The summed E-state index contributed by atoms with van der Waals surface area (Å²) in [6, 6.07) is 9.13. The van der Waals surface area contributed by atoms with Gasteiger partial charge in [-0.1, -0.05) is 24.3 Å². The molecule has 0 atom stereocenters. The molecule has 0 fully saturated rings. The van der Waals surface area contributed by atoms with Gasteiger partial charge in [0.15, 0.2) is 5.96 Å². The molecule has 0 aliphatic rings. The molecule has 0 saturated carbocycles. The largest absolute Gasteiger partial charge is 0.357 e. The molecule has 1 rings (SSSR count). The van der Waals surface area contributed by atoms with E-state index in [9.17, 15) is 0 Å². The molecular weight excluding hydrogens is 304 g/mol. The van der Waals surface area contributed by atoms with Gasteiger partial charge in [-0.15, -0.1) is 0 Å². The fourth-order valence-electron chi connectivity index (χ4n) is 2.09. The van der Waals surface area contributed by atoms with Crippen molar-refractivity contribution in [3.63, 3.8) is 0 Å². The van der Waals surface area contributed by atoms with Crippen molar-refractivity contribution in [3.05, 3.63) is 35.4 Å². The van der Waals surface area contributed by atoms with E-state index in [-0.39, 0.29) is 0 Å². The molecular formula is C18H32N4S. The van der Waals surface area contributed by atoms with Crippen molar-refractivity contribution in [2.24, 2.45) is 4.99 Å². The summed E-state index contributed by atoms with van der Waals surface area (Å²) in [4.78, 5) is 7.09. The number of guanidine groups is 1. The summed E-state index contributed by atoms with van der Waals surface area (Å²) in [6.07, 6.45) is 2.12. The minimum Gasteiger partial charge on any atom is -0.357 e. The molecule has 130 valence electrons. The monoisotopic (exact) mass is 336 g/mol. The van der Waals surface area contributed by atoms with Crippen molar-refractivity contribution in [3.8, 4) is 0 Å². The lowest BCUT2D eigenvalue weighted by Gasteiger charge is -2.22. The Kier molecular flexibility index (Phi) is 9.80. The average molecular weight is 337 g/mol. The molecule has 4 nitrogen and oxygen atoms in total. The lowest BCUT2D eigenvalue weighted by molar-refractivity contribution is 0.265. The number of hydrogen-bond acceptors (Lipinski definition) is 3. The van der Waals surface area contributed by atoms with Crippen molar-refractivity contribution in [1.82, 2.24) is 15.5 Å². The smallest absolute Gasteiger partial charge is 0.191 e. The first kappa shape index (κ1) is 19.8. The molecule has 0 heterocycles. The van der Waals surface area contributed by atoms with Crippen LogP contribution in [0.1, 0.15) is 31.9 Å². The Morgan fingerprint density at radius 1 is 1.22 bits per heavy atom. The molecule has 23 heavy (non-hydrogen) atoms. The highest BCUT2D eigenvalue weighted by Crippen LogP contribution is 2.13. The van der Waals surface area contributed by atoms with E-state index in [1.807, 2.05) is 11.8 Å². The molecule has 0 aliphatic carbocycles. The van der Waals surface area contributed by atoms with E-state index in [0.29, 0.717) is 12.6 Å². The third-order valence-corrected chi connectivity index (χ3v) is 4.38. The molecule has 0 radical (unpaired) electrons. The van der Waals surface area contributed by atoms with E-state index in [4.69, 9.17) is 4.99 Å². The first-order chi connectivity index (χ1) is 11.1. The van der Waals surface area contributed by atoms with Crippen LogP contribution in [0, 0.1) is 0 Å². The minimum absolute atomic E-state index is 0.539. The van der Waals surface area contributed by atoms with Crippen molar-refractivity contribution in [2.45, 2.75) is 39.9 Å². The molecule has 0 spiro atoms. The van der Waals surface area contributed by atoms with E-state index < -0.39 is 0 Å². The number of benzene rings is 1. The van der Waals surface area contributed by atoms with E-state index in [1.54, 1.807) is 0 Å². The van der Waals surface area contributed by atoms with E-state index >= 15 is 0 Å². The lowest BCUT2D eigenvalue weighted by atomic mass is 10.1. The molecule has 0 aromatic heterocycles. The summed E-state index contributed by atoms with van der Waals surface area (Å²) in [7, 11) is 2.17. The fraction of sp³-hybridized carbons (Fsp3) is 0.611. The van der Waals surface area contributed by atoms with Gasteiger partial charge < -0.3 is 10.6 Å². The number of rotatable bonds is 9. The molecule has 0 saturated heterocycles. The standard InChI is InChI=1S/C18H32N4S/c1-6-19-18(20-11-12-23-5)21-13-16-9-7-8-10-17(16)14-22(4)15(2)3/h7-10,15H,6,11-14H2,1-5H3,(H2,19,20,21). The second-order valence-electron chi connectivity index (χ2n) is 5.89. The average Bonchev–Trinajstić information content (AvgIpc) is 2.53. The first-order valence-corrected chi connectivity index (χ1v) is 9.76. The number of aliphatic imine (C=N–C) groups is 1. The Morgan fingerprint density at radius 2 is 1.91 bits per heavy atom. The van der Waals surface area contributed by atoms with Gasteiger partial charge in [0, 0.05) is 31.4 Å². The van der Waals surface area contributed by atoms with Crippen LogP contribution in [-0.4, -0.2) is 49.0 Å². The van der Waals surface area contributed by atoms with Crippen LogP contribution in [0.15, 0.2) is 29.3 Å². The Labute approximate surface area is 146 Å². The topological polar surface area (TPSA) is 39.7 Å². The maximum Gasteiger partial charge on any atom is 0.191 e. The van der Waals surface area contributed by atoms with Crippen LogP contribution in [0.2, 0.25) is 0 Å². The van der Waals surface area contributed by atoms with Crippen molar-refractivity contribution >= 4 is 17.7 Å². The van der Waals surface area contributed by atoms with Crippen LogP contribution < -0.4 is 10.6 Å². The molecule has 0 amide bonds. The summed E-state index contributed by atoms with van der Waals surface area (Å²) in [5.74, 6) is 1.98. The van der Waals surface area contributed by atoms with Gasteiger partial charge in [0.05, 0.1) is 6.54 Å². The van der Waals surface area contributed by atoms with Crippen LogP contribution >= 0.6 is 11.8 Å². The highest BCUT2D eigenvalue weighted by Gasteiger charge is 2.08. The molecule has 5 heteroatoms. The van der Waals surface area contributed by atoms with Crippen LogP contribution in [-0.2, 0) is 13.1 Å². The molecule has 1 aromatic carbocycles. The van der Waals surface area contributed by atoms with Gasteiger partial charge in [0.2, 0.25) is 0 Å². The second-order valence-corrected chi connectivity index (χ2v) is 6.88.